The first-order chi connectivity index (χ1) is 15.7. The number of pyridine rings is 1. The molecule has 0 N–H and O–H groups in total. The van der Waals surface area contributed by atoms with Crippen molar-refractivity contribution in [3.8, 4) is 11.4 Å². The summed E-state index contributed by atoms with van der Waals surface area (Å²) in [6, 6.07) is 13.5. The summed E-state index contributed by atoms with van der Waals surface area (Å²) in [6.07, 6.45) is 5.82. The number of nitrogens with zero attached hydrogens (tertiary/aromatic N) is 7. The van der Waals surface area contributed by atoms with Crippen LogP contribution in [0.4, 0.5) is 0 Å². The maximum Gasteiger partial charge on any atom is 0.255 e. The van der Waals surface area contributed by atoms with Gasteiger partial charge in [-0.3, -0.25) is 4.79 Å². The normalized spacial score (nSPS) is 17.4. The Morgan fingerprint density at radius 3 is 2.75 bits per heavy atom. The van der Waals surface area contributed by atoms with Crippen LogP contribution in [-0.2, 0) is 16.8 Å². The minimum absolute atomic E-state index is 0.0269. The van der Waals surface area contributed by atoms with Crippen molar-refractivity contribution in [1.29, 1.82) is 0 Å². The Kier molecular flexibility index (Phi) is 4.43. The second kappa shape index (κ2) is 7.45. The molecule has 0 unspecified atom stereocenters. The van der Waals surface area contributed by atoms with E-state index in [1.54, 1.807) is 18.3 Å². The standard InChI is InChI=1S/C23H21N7O2/c31-22(18-6-7-19-26-27-28-30(19)15-18)29-11-9-23(10-12-29)20-17(8-13-32-23)14-24-21(25-20)16-4-2-1-3-5-16/h1-7,14-15H,8-13H2. The molecule has 0 saturated carbocycles. The molecule has 2 aliphatic heterocycles. The average molecular weight is 427 g/mol. The van der Waals surface area contributed by atoms with Crippen LogP contribution in [-0.4, -0.2) is 60.5 Å². The molecule has 0 aliphatic carbocycles. The summed E-state index contributed by atoms with van der Waals surface area (Å²) in [7, 11) is 0. The first kappa shape index (κ1) is 19.0. The summed E-state index contributed by atoms with van der Waals surface area (Å²) < 4.78 is 7.86. The third kappa shape index (κ3) is 3.13. The monoisotopic (exact) mass is 427 g/mol. The first-order valence-electron chi connectivity index (χ1n) is 10.7. The number of carbonyl (C=O) groups excluding carboxylic acids is 1. The number of hydrogen-bond acceptors (Lipinski definition) is 7. The SMILES string of the molecule is O=C(c1ccc2nnnn2c1)N1CCC2(CC1)OCCc1cnc(-c3ccccc3)nc12. The van der Waals surface area contributed by atoms with Gasteiger partial charge in [-0.15, -0.1) is 5.10 Å². The number of rotatable bonds is 2. The van der Waals surface area contributed by atoms with Crippen LogP contribution in [0.2, 0.25) is 0 Å². The molecule has 160 valence electrons. The lowest BCUT2D eigenvalue weighted by molar-refractivity contribution is -0.0967. The van der Waals surface area contributed by atoms with Crippen LogP contribution in [0.25, 0.3) is 17.0 Å². The van der Waals surface area contributed by atoms with Gasteiger partial charge in [0.2, 0.25) is 0 Å². The van der Waals surface area contributed by atoms with Crippen molar-refractivity contribution in [2.24, 2.45) is 0 Å². The predicted octanol–water partition coefficient (Wildman–Crippen LogP) is 2.29. The van der Waals surface area contributed by atoms with Gasteiger partial charge in [0.15, 0.2) is 11.5 Å². The first-order valence-corrected chi connectivity index (χ1v) is 10.7. The summed E-state index contributed by atoms with van der Waals surface area (Å²) in [5, 5.41) is 11.4. The number of piperidine rings is 1. The predicted molar refractivity (Wildman–Crippen MR) is 115 cm³/mol. The zero-order valence-electron chi connectivity index (χ0n) is 17.4. The number of hydrogen-bond donors (Lipinski definition) is 0. The zero-order valence-corrected chi connectivity index (χ0v) is 17.4. The van der Waals surface area contributed by atoms with Crippen LogP contribution in [0.3, 0.4) is 0 Å². The molecule has 5 heterocycles. The molecule has 9 nitrogen and oxygen atoms in total. The molecule has 1 aromatic carbocycles. The highest BCUT2D eigenvalue weighted by Crippen LogP contribution is 2.41. The fraction of sp³-hybridized carbons (Fsp3) is 0.304. The molecule has 4 aromatic rings. The Hall–Kier alpha value is -3.72. The molecular weight excluding hydrogens is 406 g/mol. The molecule has 1 amide bonds. The fourth-order valence-electron chi connectivity index (χ4n) is 4.64. The summed E-state index contributed by atoms with van der Waals surface area (Å²) >= 11 is 0. The Bertz CT molecular complexity index is 1300. The Labute approximate surface area is 184 Å². The topological polar surface area (TPSA) is 98.4 Å². The maximum atomic E-state index is 13.1. The van der Waals surface area contributed by atoms with Gasteiger partial charge in [0.25, 0.3) is 5.91 Å². The van der Waals surface area contributed by atoms with Gasteiger partial charge in [-0.2, -0.15) is 4.52 Å². The number of tetrazole rings is 1. The Balaban J connectivity index is 1.26. The van der Waals surface area contributed by atoms with E-state index in [0.29, 0.717) is 49.6 Å². The summed E-state index contributed by atoms with van der Waals surface area (Å²) in [6.45, 7) is 1.83. The van der Waals surface area contributed by atoms with E-state index in [1.165, 1.54) is 4.52 Å². The second-order valence-electron chi connectivity index (χ2n) is 8.22. The average Bonchev–Trinajstić information content (AvgIpc) is 3.33. The van der Waals surface area contributed by atoms with E-state index in [2.05, 4.69) is 20.5 Å². The lowest BCUT2D eigenvalue weighted by atomic mass is 9.83. The summed E-state index contributed by atoms with van der Waals surface area (Å²) in [5.74, 6) is 0.684. The number of fused-ring (bicyclic) bond motifs is 3. The lowest BCUT2D eigenvalue weighted by Crippen LogP contribution is -2.49. The minimum atomic E-state index is -0.476. The van der Waals surface area contributed by atoms with Crippen molar-refractivity contribution in [1.82, 2.24) is 34.9 Å². The highest BCUT2D eigenvalue weighted by molar-refractivity contribution is 5.94. The van der Waals surface area contributed by atoms with Gasteiger partial charge >= 0.3 is 0 Å². The highest BCUT2D eigenvalue weighted by Gasteiger charge is 2.43. The molecule has 0 atom stereocenters. The summed E-state index contributed by atoms with van der Waals surface area (Å²) in [5.41, 5.74) is 3.80. The van der Waals surface area contributed by atoms with Crippen LogP contribution in [0.15, 0.2) is 54.9 Å². The van der Waals surface area contributed by atoms with E-state index in [4.69, 9.17) is 9.72 Å². The molecule has 9 heteroatoms. The van der Waals surface area contributed by atoms with Crippen molar-refractivity contribution in [3.05, 3.63) is 71.7 Å². The molecule has 0 bridgehead atoms. The number of ether oxygens (including phenoxy) is 1. The lowest BCUT2D eigenvalue weighted by Gasteiger charge is -2.44. The molecular formula is C23H21N7O2. The number of likely N-dealkylation sites (tertiary alicyclic amines) is 1. The second-order valence-corrected chi connectivity index (χ2v) is 8.22. The molecule has 1 spiro atoms. The van der Waals surface area contributed by atoms with Crippen molar-refractivity contribution in [2.45, 2.75) is 24.9 Å². The highest BCUT2D eigenvalue weighted by atomic mass is 16.5. The van der Waals surface area contributed by atoms with E-state index < -0.39 is 5.60 Å². The minimum Gasteiger partial charge on any atom is -0.368 e. The van der Waals surface area contributed by atoms with Gasteiger partial charge in [-0.1, -0.05) is 30.3 Å². The van der Waals surface area contributed by atoms with E-state index in [9.17, 15) is 4.79 Å². The Morgan fingerprint density at radius 2 is 1.91 bits per heavy atom. The van der Waals surface area contributed by atoms with Gasteiger partial charge < -0.3 is 9.64 Å². The van der Waals surface area contributed by atoms with Crippen LogP contribution < -0.4 is 0 Å². The number of aromatic nitrogens is 6. The number of amides is 1. The number of carbonyl (C=O) groups is 1. The van der Waals surface area contributed by atoms with E-state index in [-0.39, 0.29) is 5.91 Å². The van der Waals surface area contributed by atoms with Crippen LogP contribution in [0, 0.1) is 0 Å². The van der Waals surface area contributed by atoms with E-state index in [1.807, 2.05) is 41.4 Å². The van der Waals surface area contributed by atoms with Crippen molar-refractivity contribution in [2.75, 3.05) is 19.7 Å². The molecule has 32 heavy (non-hydrogen) atoms. The molecule has 1 saturated heterocycles. The zero-order chi connectivity index (χ0) is 21.5. The van der Waals surface area contributed by atoms with Gasteiger partial charge in [-0.05, 0) is 47.4 Å². The smallest absolute Gasteiger partial charge is 0.255 e. The Morgan fingerprint density at radius 1 is 1.06 bits per heavy atom. The molecule has 2 aliphatic rings. The molecule has 3 aromatic heterocycles. The maximum absolute atomic E-state index is 13.1. The van der Waals surface area contributed by atoms with Crippen LogP contribution in [0.1, 0.15) is 34.5 Å². The fourth-order valence-corrected chi connectivity index (χ4v) is 4.64. The third-order valence-corrected chi connectivity index (χ3v) is 6.37. The van der Waals surface area contributed by atoms with Crippen molar-refractivity contribution in [3.63, 3.8) is 0 Å². The van der Waals surface area contributed by atoms with Crippen molar-refractivity contribution < 1.29 is 9.53 Å². The van der Waals surface area contributed by atoms with E-state index >= 15 is 0 Å². The van der Waals surface area contributed by atoms with Crippen LogP contribution in [0.5, 0.6) is 0 Å². The van der Waals surface area contributed by atoms with Gasteiger partial charge in [0.05, 0.1) is 17.9 Å². The number of benzene rings is 1. The molecule has 6 rings (SSSR count). The van der Waals surface area contributed by atoms with Gasteiger partial charge in [0.1, 0.15) is 5.60 Å². The van der Waals surface area contributed by atoms with E-state index in [0.717, 1.165) is 23.2 Å². The molecule has 1 fully saturated rings. The van der Waals surface area contributed by atoms with Crippen molar-refractivity contribution >= 4 is 11.6 Å². The van der Waals surface area contributed by atoms with Crippen LogP contribution >= 0.6 is 0 Å². The molecule has 0 radical (unpaired) electrons. The largest absolute Gasteiger partial charge is 0.368 e. The quantitative estimate of drug-likeness (QED) is 0.484. The summed E-state index contributed by atoms with van der Waals surface area (Å²) in [4.78, 5) is 24.5. The van der Waals surface area contributed by atoms with Gasteiger partial charge in [-0.25, -0.2) is 9.97 Å². The third-order valence-electron chi connectivity index (χ3n) is 6.37. The van der Waals surface area contributed by atoms with Gasteiger partial charge in [0, 0.05) is 31.0 Å².